The second-order valence-corrected chi connectivity index (χ2v) is 8.10. The van der Waals surface area contributed by atoms with E-state index in [-0.39, 0.29) is 16.2 Å². The van der Waals surface area contributed by atoms with Gasteiger partial charge in [-0.25, -0.2) is 17.9 Å². The largest absolute Gasteiger partial charge is 0.507 e. The van der Waals surface area contributed by atoms with Gasteiger partial charge in [-0.05, 0) is 56.2 Å². The molecule has 2 aromatic rings. The Morgan fingerprint density at radius 3 is 2.21 bits per heavy atom. The normalized spacial score (nSPS) is 12.1. The van der Waals surface area contributed by atoms with Gasteiger partial charge in [0.2, 0.25) is 10.0 Å². The van der Waals surface area contributed by atoms with Crippen LogP contribution in [0, 0.1) is 0 Å². The van der Waals surface area contributed by atoms with Crippen molar-refractivity contribution in [2.24, 2.45) is 0 Å². The Morgan fingerprint density at radius 2 is 1.67 bits per heavy atom. The van der Waals surface area contributed by atoms with Gasteiger partial charge >= 0.3 is 5.97 Å². The van der Waals surface area contributed by atoms with Crippen molar-refractivity contribution in [3.8, 4) is 16.9 Å². The average molecular weight is 349 g/mol. The smallest absolute Gasteiger partial charge is 0.339 e. The minimum Gasteiger partial charge on any atom is -0.507 e. The monoisotopic (exact) mass is 349 g/mol. The molecule has 0 bridgehead atoms. The molecular weight excluding hydrogens is 330 g/mol. The summed E-state index contributed by atoms with van der Waals surface area (Å²) in [5.41, 5.74) is 0.247. The lowest BCUT2D eigenvalue weighted by molar-refractivity contribution is 0.0693. The molecule has 0 radical (unpaired) electrons. The predicted molar refractivity (Wildman–Crippen MR) is 90.6 cm³/mol. The van der Waals surface area contributed by atoms with Crippen molar-refractivity contribution in [1.29, 1.82) is 0 Å². The molecule has 24 heavy (non-hydrogen) atoms. The molecule has 0 aromatic heterocycles. The van der Waals surface area contributed by atoms with Gasteiger partial charge in [0.15, 0.2) is 0 Å². The zero-order valence-corrected chi connectivity index (χ0v) is 14.4. The summed E-state index contributed by atoms with van der Waals surface area (Å²) in [5, 5.41) is 18.7. The summed E-state index contributed by atoms with van der Waals surface area (Å²) in [7, 11) is -3.69. The third kappa shape index (κ3) is 4.12. The summed E-state index contributed by atoms with van der Waals surface area (Å²) < 4.78 is 27.4. The number of hydrogen-bond acceptors (Lipinski definition) is 4. The van der Waals surface area contributed by atoms with Crippen LogP contribution < -0.4 is 4.72 Å². The molecule has 2 rings (SSSR count). The fourth-order valence-electron chi connectivity index (χ4n) is 2.20. The zero-order chi connectivity index (χ0) is 18.1. The van der Waals surface area contributed by atoms with Gasteiger partial charge in [-0.2, -0.15) is 0 Å². The molecular formula is C17H19NO5S. The van der Waals surface area contributed by atoms with Gasteiger partial charge < -0.3 is 10.2 Å². The molecule has 7 heteroatoms. The summed E-state index contributed by atoms with van der Waals surface area (Å²) in [4.78, 5) is 11.0. The Bertz CT molecular complexity index is 882. The number of phenols is 1. The topological polar surface area (TPSA) is 104 Å². The molecule has 6 nitrogen and oxygen atoms in total. The highest BCUT2D eigenvalue weighted by atomic mass is 32.2. The van der Waals surface area contributed by atoms with E-state index in [4.69, 9.17) is 5.11 Å². The third-order valence-corrected chi connectivity index (χ3v) is 4.90. The maximum absolute atomic E-state index is 12.4. The first kappa shape index (κ1) is 18.0. The lowest BCUT2D eigenvalue weighted by Gasteiger charge is -2.20. The summed E-state index contributed by atoms with van der Waals surface area (Å²) in [6.45, 7) is 5.24. The lowest BCUT2D eigenvalue weighted by atomic mass is 10.0. The van der Waals surface area contributed by atoms with Crippen LogP contribution in [0.3, 0.4) is 0 Å². The van der Waals surface area contributed by atoms with Crippen LogP contribution in [0.5, 0.6) is 5.75 Å². The predicted octanol–water partition coefficient (Wildman–Crippen LogP) is 2.83. The standard InChI is InChI=1S/C17H19NO5S/c1-17(2,3)18-24(22,23)13-6-4-5-11(9-13)12-7-8-14(16(20)21)15(19)10-12/h4-10,18-19H,1-3H3,(H,20,21). The van der Waals surface area contributed by atoms with E-state index < -0.39 is 21.5 Å². The fourth-order valence-corrected chi connectivity index (χ4v) is 3.66. The maximum Gasteiger partial charge on any atom is 0.339 e. The van der Waals surface area contributed by atoms with Crippen molar-refractivity contribution in [3.63, 3.8) is 0 Å². The molecule has 0 aliphatic rings. The Labute approximate surface area is 140 Å². The van der Waals surface area contributed by atoms with E-state index >= 15 is 0 Å². The van der Waals surface area contributed by atoms with Crippen molar-refractivity contribution in [2.75, 3.05) is 0 Å². The SMILES string of the molecule is CC(C)(C)NS(=O)(=O)c1cccc(-c2ccc(C(=O)O)c(O)c2)c1. The first-order valence-corrected chi connectivity index (χ1v) is 8.69. The van der Waals surface area contributed by atoms with E-state index in [2.05, 4.69) is 4.72 Å². The molecule has 0 aliphatic heterocycles. The van der Waals surface area contributed by atoms with Gasteiger partial charge in [-0.15, -0.1) is 0 Å². The molecule has 0 amide bonds. The molecule has 2 aromatic carbocycles. The number of carboxylic acid groups (broad SMARTS) is 1. The van der Waals surface area contributed by atoms with Crippen molar-refractivity contribution >= 4 is 16.0 Å². The first-order valence-electron chi connectivity index (χ1n) is 7.20. The number of nitrogens with one attached hydrogen (secondary N) is 1. The lowest BCUT2D eigenvalue weighted by Crippen LogP contribution is -2.40. The molecule has 3 N–H and O–H groups in total. The van der Waals surface area contributed by atoms with Crippen LogP contribution in [-0.2, 0) is 10.0 Å². The Kier molecular flexibility index (Phi) is 4.68. The van der Waals surface area contributed by atoms with Crippen molar-refractivity contribution in [1.82, 2.24) is 4.72 Å². The Hall–Kier alpha value is -2.38. The number of benzene rings is 2. The van der Waals surface area contributed by atoms with E-state index in [0.29, 0.717) is 11.1 Å². The number of sulfonamides is 1. The molecule has 0 atom stereocenters. The molecule has 0 saturated carbocycles. The van der Waals surface area contributed by atoms with Gasteiger partial charge in [0.25, 0.3) is 0 Å². The molecule has 0 unspecified atom stereocenters. The van der Waals surface area contributed by atoms with Gasteiger partial charge in [0, 0.05) is 5.54 Å². The van der Waals surface area contributed by atoms with Gasteiger partial charge in [-0.3, -0.25) is 0 Å². The Balaban J connectivity index is 2.45. The Morgan fingerprint density at radius 1 is 1.04 bits per heavy atom. The summed E-state index contributed by atoms with van der Waals surface area (Å²) in [6, 6.07) is 10.3. The highest BCUT2D eigenvalue weighted by molar-refractivity contribution is 7.89. The quantitative estimate of drug-likeness (QED) is 0.787. The minimum absolute atomic E-state index is 0.0942. The van der Waals surface area contributed by atoms with Crippen LogP contribution in [-0.4, -0.2) is 30.1 Å². The van der Waals surface area contributed by atoms with E-state index in [1.54, 1.807) is 32.9 Å². The van der Waals surface area contributed by atoms with Crippen molar-refractivity contribution < 1.29 is 23.4 Å². The van der Waals surface area contributed by atoms with Gasteiger partial charge in [0.1, 0.15) is 11.3 Å². The van der Waals surface area contributed by atoms with E-state index in [1.165, 1.54) is 30.3 Å². The average Bonchev–Trinajstić information content (AvgIpc) is 2.44. The number of carboxylic acids is 1. The maximum atomic E-state index is 12.4. The highest BCUT2D eigenvalue weighted by Crippen LogP contribution is 2.28. The third-order valence-electron chi connectivity index (χ3n) is 3.15. The molecule has 0 aliphatic carbocycles. The van der Waals surface area contributed by atoms with Crippen LogP contribution in [0.25, 0.3) is 11.1 Å². The van der Waals surface area contributed by atoms with Crippen LogP contribution in [0.1, 0.15) is 31.1 Å². The molecule has 0 heterocycles. The molecule has 0 fully saturated rings. The van der Waals surface area contributed by atoms with Gasteiger partial charge in [0.05, 0.1) is 4.90 Å². The highest BCUT2D eigenvalue weighted by Gasteiger charge is 2.22. The number of aromatic carboxylic acids is 1. The van der Waals surface area contributed by atoms with Crippen LogP contribution >= 0.6 is 0 Å². The van der Waals surface area contributed by atoms with Crippen molar-refractivity contribution in [3.05, 3.63) is 48.0 Å². The van der Waals surface area contributed by atoms with Crippen LogP contribution in [0.2, 0.25) is 0 Å². The van der Waals surface area contributed by atoms with Crippen LogP contribution in [0.4, 0.5) is 0 Å². The van der Waals surface area contributed by atoms with E-state index in [0.717, 1.165) is 0 Å². The molecule has 0 spiro atoms. The number of rotatable bonds is 4. The molecule has 128 valence electrons. The van der Waals surface area contributed by atoms with E-state index in [1.807, 2.05) is 0 Å². The summed E-state index contributed by atoms with van der Waals surface area (Å²) in [5.74, 6) is -1.61. The van der Waals surface area contributed by atoms with E-state index in [9.17, 15) is 18.3 Å². The zero-order valence-electron chi connectivity index (χ0n) is 13.6. The first-order chi connectivity index (χ1) is 11.0. The minimum atomic E-state index is -3.69. The number of aromatic hydroxyl groups is 1. The summed E-state index contributed by atoms with van der Waals surface area (Å²) in [6.07, 6.45) is 0. The fraction of sp³-hybridized carbons (Fsp3) is 0.235. The van der Waals surface area contributed by atoms with Gasteiger partial charge in [-0.1, -0.05) is 18.2 Å². The number of hydrogen-bond donors (Lipinski definition) is 3. The van der Waals surface area contributed by atoms with Crippen LogP contribution in [0.15, 0.2) is 47.4 Å². The molecule has 0 saturated heterocycles. The van der Waals surface area contributed by atoms with Crippen molar-refractivity contribution in [2.45, 2.75) is 31.2 Å². The summed E-state index contributed by atoms with van der Waals surface area (Å²) >= 11 is 0. The second kappa shape index (κ2) is 6.26. The number of carbonyl (C=O) groups is 1. The second-order valence-electron chi connectivity index (χ2n) is 6.42.